The fourth-order valence-corrected chi connectivity index (χ4v) is 2.00. The van der Waals surface area contributed by atoms with Gasteiger partial charge in [0.2, 0.25) is 0 Å². The van der Waals surface area contributed by atoms with E-state index in [1.54, 1.807) is 0 Å². The summed E-state index contributed by atoms with van der Waals surface area (Å²) < 4.78 is 0. The number of nitrogens with one attached hydrogen (secondary N) is 1. The first-order chi connectivity index (χ1) is 8.17. The van der Waals surface area contributed by atoms with E-state index < -0.39 is 0 Å². The summed E-state index contributed by atoms with van der Waals surface area (Å²) in [7, 11) is 0. The van der Waals surface area contributed by atoms with Gasteiger partial charge in [-0.3, -0.25) is 0 Å². The first-order valence-corrected chi connectivity index (χ1v) is 7.30. The van der Waals surface area contributed by atoms with Crippen LogP contribution in [-0.4, -0.2) is 37.1 Å². The van der Waals surface area contributed by atoms with E-state index in [1.165, 1.54) is 25.0 Å². The van der Waals surface area contributed by atoms with Gasteiger partial charge in [0.15, 0.2) is 0 Å². The molecule has 0 aliphatic rings. The van der Waals surface area contributed by atoms with Crippen LogP contribution in [0, 0.1) is 0 Å². The van der Waals surface area contributed by atoms with Gasteiger partial charge in [0.25, 0.3) is 0 Å². The van der Waals surface area contributed by atoms with Crippen molar-refractivity contribution in [2.24, 2.45) is 0 Å². The van der Waals surface area contributed by atoms with Crippen LogP contribution in [0.1, 0.15) is 53.4 Å². The number of hydrogen-bond donors (Lipinski definition) is 1. The molecule has 0 fully saturated rings. The third-order valence-electron chi connectivity index (χ3n) is 3.41. The van der Waals surface area contributed by atoms with E-state index in [4.69, 9.17) is 0 Å². The summed E-state index contributed by atoms with van der Waals surface area (Å²) in [4.78, 5) is 2.50. The molecule has 0 spiro atoms. The molecule has 102 valence electrons. The lowest BCUT2D eigenvalue weighted by atomic mass is 10.0. The van der Waals surface area contributed by atoms with Crippen molar-refractivity contribution in [3.8, 4) is 0 Å². The van der Waals surface area contributed by atoms with E-state index in [1.807, 2.05) is 0 Å². The quantitative estimate of drug-likeness (QED) is 0.557. The Morgan fingerprint density at radius 1 is 1.18 bits per heavy atom. The predicted octanol–water partition coefficient (Wildman–Crippen LogP) is 3.44. The standard InChI is InChI=1S/C15H32N2/c1-6-11-16-15(13-14(5)7-2)10-12-17(8-3)9-4/h15-16H,5-13H2,1-4H3. The fraction of sp³-hybridized carbons (Fsp3) is 0.867. The first kappa shape index (κ1) is 16.7. The van der Waals surface area contributed by atoms with Gasteiger partial charge in [-0.15, -0.1) is 0 Å². The Labute approximate surface area is 108 Å². The van der Waals surface area contributed by atoms with E-state index in [0.717, 1.165) is 32.5 Å². The molecule has 0 aromatic rings. The molecule has 2 heteroatoms. The van der Waals surface area contributed by atoms with Gasteiger partial charge >= 0.3 is 0 Å². The van der Waals surface area contributed by atoms with Crippen molar-refractivity contribution in [2.45, 2.75) is 59.4 Å². The molecule has 17 heavy (non-hydrogen) atoms. The van der Waals surface area contributed by atoms with Gasteiger partial charge in [-0.05, 0) is 51.9 Å². The minimum atomic E-state index is 0.614. The Balaban J connectivity index is 4.03. The molecule has 0 bridgehead atoms. The predicted molar refractivity (Wildman–Crippen MR) is 78.5 cm³/mol. The first-order valence-electron chi connectivity index (χ1n) is 7.30. The number of nitrogens with zero attached hydrogens (tertiary/aromatic N) is 1. The maximum Gasteiger partial charge on any atom is 0.0116 e. The molecule has 0 amide bonds. The highest BCUT2D eigenvalue weighted by Crippen LogP contribution is 2.10. The molecular formula is C15H32N2. The Morgan fingerprint density at radius 2 is 1.82 bits per heavy atom. The number of hydrogen-bond acceptors (Lipinski definition) is 2. The van der Waals surface area contributed by atoms with Crippen molar-refractivity contribution >= 4 is 0 Å². The number of rotatable bonds is 11. The molecule has 1 N–H and O–H groups in total. The maximum atomic E-state index is 4.13. The van der Waals surface area contributed by atoms with Crippen molar-refractivity contribution in [3.05, 3.63) is 12.2 Å². The van der Waals surface area contributed by atoms with Gasteiger partial charge in [-0.1, -0.05) is 39.8 Å². The Bertz CT molecular complexity index is 185. The summed E-state index contributed by atoms with van der Waals surface area (Å²) in [6.07, 6.45) is 4.69. The lowest BCUT2D eigenvalue weighted by molar-refractivity contribution is 0.280. The molecular weight excluding hydrogens is 208 g/mol. The third-order valence-corrected chi connectivity index (χ3v) is 3.41. The van der Waals surface area contributed by atoms with E-state index in [2.05, 4.69) is 44.5 Å². The molecule has 0 saturated carbocycles. The van der Waals surface area contributed by atoms with Crippen LogP contribution in [0.4, 0.5) is 0 Å². The van der Waals surface area contributed by atoms with E-state index in [-0.39, 0.29) is 0 Å². The summed E-state index contributed by atoms with van der Waals surface area (Å²) in [6.45, 7) is 17.7. The van der Waals surface area contributed by atoms with Gasteiger partial charge in [0.1, 0.15) is 0 Å². The van der Waals surface area contributed by atoms with Crippen molar-refractivity contribution < 1.29 is 0 Å². The second kappa shape index (κ2) is 10.8. The summed E-state index contributed by atoms with van der Waals surface area (Å²) in [5.74, 6) is 0. The van der Waals surface area contributed by atoms with Crippen LogP contribution in [0.25, 0.3) is 0 Å². The molecule has 0 rings (SSSR count). The summed E-state index contributed by atoms with van der Waals surface area (Å²) in [5.41, 5.74) is 1.37. The van der Waals surface area contributed by atoms with Gasteiger partial charge in [-0.2, -0.15) is 0 Å². The van der Waals surface area contributed by atoms with Crippen LogP contribution in [0.15, 0.2) is 12.2 Å². The summed E-state index contributed by atoms with van der Waals surface area (Å²) in [6, 6.07) is 0.614. The minimum absolute atomic E-state index is 0.614. The highest BCUT2D eigenvalue weighted by Gasteiger charge is 2.10. The van der Waals surface area contributed by atoms with Gasteiger partial charge < -0.3 is 10.2 Å². The van der Waals surface area contributed by atoms with E-state index in [0.29, 0.717) is 6.04 Å². The van der Waals surface area contributed by atoms with Crippen LogP contribution in [0.2, 0.25) is 0 Å². The Kier molecular flexibility index (Phi) is 10.6. The van der Waals surface area contributed by atoms with Crippen molar-refractivity contribution in [1.29, 1.82) is 0 Å². The monoisotopic (exact) mass is 240 g/mol. The molecule has 0 saturated heterocycles. The highest BCUT2D eigenvalue weighted by molar-refractivity contribution is 4.96. The molecule has 1 atom stereocenters. The lowest BCUT2D eigenvalue weighted by Gasteiger charge is -2.24. The van der Waals surface area contributed by atoms with E-state index in [9.17, 15) is 0 Å². The molecule has 0 aromatic carbocycles. The fourth-order valence-electron chi connectivity index (χ4n) is 2.00. The lowest BCUT2D eigenvalue weighted by Crippen LogP contribution is -2.35. The molecule has 2 nitrogen and oxygen atoms in total. The van der Waals surface area contributed by atoms with Crippen molar-refractivity contribution in [3.63, 3.8) is 0 Å². The largest absolute Gasteiger partial charge is 0.314 e. The Morgan fingerprint density at radius 3 is 2.29 bits per heavy atom. The zero-order valence-corrected chi connectivity index (χ0v) is 12.4. The molecule has 0 heterocycles. The minimum Gasteiger partial charge on any atom is -0.314 e. The van der Waals surface area contributed by atoms with Crippen LogP contribution in [0.5, 0.6) is 0 Å². The van der Waals surface area contributed by atoms with Crippen LogP contribution < -0.4 is 5.32 Å². The average molecular weight is 240 g/mol. The molecule has 0 radical (unpaired) electrons. The summed E-state index contributed by atoms with van der Waals surface area (Å²) in [5, 5.41) is 3.65. The third kappa shape index (κ3) is 8.39. The molecule has 1 unspecified atom stereocenters. The molecule has 0 aromatic heterocycles. The Hall–Kier alpha value is -0.340. The van der Waals surface area contributed by atoms with Crippen LogP contribution in [-0.2, 0) is 0 Å². The van der Waals surface area contributed by atoms with Crippen molar-refractivity contribution in [1.82, 2.24) is 10.2 Å². The van der Waals surface area contributed by atoms with Crippen LogP contribution in [0.3, 0.4) is 0 Å². The van der Waals surface area contributed by atoms with E-state index >= 15 is 0 Å². The van der Waals surface area contributed by atoms with Crippen LogP contribution >= 0.6 is 0 Å². The van der Waals surface area contributed by atoms with Crippen molar-refractivity contribution in [2.75, 3.05) is 26.2 Å². The van der Waals surface area contributed by atoms with Gasteiger partial charge in [-0.25, -0.2) is 0 Å². The second-order valence-corrected chi connectivity index (χ2v) is 4.77. The highest BCUT2D eigenvalue weighted by atomic mass is 15.1. The topological polar surface area (TPSA) is 15.3 Å². The SMILES string of the molecule is C=C(CC)CC(CCN(CC)CC)NCCC. The summed E-state index contributed by atoms with van der Waals surface area (Å²) >= 11 is 0. The zero-order chi connectivity index (χ0) is 13.1. The average Bonchev–Trinajstić information content (AvgIpc) is 2.36. The second-order valence-electron chi connectivity index (χ2n) is 4.77. The van der Waals surface area contributed by atoms with Gasteiger partial charge in [0.05, 0.1) is 0 Å². The molecule has 0 aliphatic heterocycles. The smallest absolute Gasteiger partial charge is 0.0116 e. The zero-order valence-electron chi connectivity index (χ0n) is 12.4. The van der Waals surface area contributed by atoms with Gasteiger partial charge in [0, 0.05) is 6.04 Å². The maximum absolute atomic E-state index is 4.13. The molecule has 0 aliphatic carbocycles. The normalized spacial score (nSPS) is 13.0.